The minimum absolute atomic E-state index is 0.131. The fourth-order valence-electron chi connectivity index (χ4n) is 5.50. The van der Waals surface area contributed by atoms with Crippen LogP contribution in [0.5, 0.6) is 0 Å². The minimum atomic E-state index is -4.50. The Kier molecular flexibility index (Phi) is 7.18. The van der Waals surface area contributed by atoms with Crippen molar-refractivity contribution in [1.82, 2.24) is 9.88 Å². The number of anilines is 1. The zero-order valence-electron chi connectivity index (χ0n) is 22.0. The highest BCUT2D eigenvalue weighted by Crippen LogP contribution is 2.45. The number of hydrogen-bond donors (Lipinski definition) is 1. The summed E-state index contributed by atoms with van der Waals surface area (Å²) in [6.45, 7) is 5.22. The summed E-state index contributed by atoms with van der Waals surface area (Å²) < 4.78 is 44.6. The van der Waals surface area contributed by atoms with Crippen molar-refractivity contribution >= 4 is 47.2 Å². The standard InChI is InChI=1S/C30H27ClF3N5O/c1-19-9-12-25-23(15-19)27(30(32,33)34)26-13-14-29(17-39(25)26,20-7-5-4-6-8-20)37-28(40)22-11-10-21(16-24(22)31)38(3)18-36-35-2/h4-12,15-16,18H,2,13-14,17H2,1,3H3,(H,37,40)/b36-18-/t29-/m1/s1. The topological polar surface area (TPSA) is 62.0 Å². The normalized spacial score (nSPS) is 17.1. The number of benzene rings is 3. The summed E-state index contributed by atoms with van der Waals surface area (Å²) in [7, 11) is 1.75. The third-order valence-electron chi connectivity index (χ3n) is 7.42. The van der Waals surface area contributed by atoms with Crippen molar-refractivity contribution in [2.24, 2.45) is 10.2 Å². The highest BCUT2D eigenvalue weighted by molar-refractivity contribution is 6.34. The van der Waals surface area contributed by atoms with E-state index in [1.807, 2.05) is 30.3 Å². The van der Waals surface area contributed by atoms with E-state index in [-0.39, 0.29) is 41.1 Å². The van der Waals surface area contributed by atoms with E-state index in [4.69, 9.17) is 11.6 Å². The van der Waals surface area contributed by atoms with Gasteiger partial charge >= 0.3 is 6.18 Å². The van der Waals surface area contributed by atoms with Crippen molar-refractivity contribution in [2.75, 3.05) is 11.9 Å². The first kappa shape index (κ1) is 27.5. The lowest BCUT2D eigenvalue weighted by molar-refractivity contribution is -0.137. The van der Waals surface area contributed by atoms with Gasteiger partial charge in [-0.3, -0.25) is 4.79 Å². The Morgan fingerprint density at radius 3 is 2.58 bits per heavy atom. The molecule has 206 valence electrons. The number of nitrogens with one attached hydrogen (secondary N) is 1. The van der Waals surface area contributed by atoms with Crippen molar-refractivity contribution in [1.29, 1.82) is 0 Å². The molecular weight excluding hydrogens is 539 g/mol. The number of fused-ring (bicyclic) bond motifs is 3. The molecular formula is C30H27ClF3N5O. The molecule has 6 nitrogen and oxygen atoms in total. The van der Waals surface area contributed by atoms with E-state index in [0.29, 0.717) is 11.2 Å². The number of nitrogens with zero attached hydrogens (tertiary/aromatic N) is 4. The average molecular weight is 566 g/mol. The van der Waals surface area contributed by atoms with Gasteiger partial charge in [-0.15, -0.1) is 5.10 Å². The molecule has 4 aromatic rings. The van der Waals surface area contributed by atoms with Crippen LogP contribution in [0.1, 0.15) is 39.2 Å². The molecule has 0 saturated carbocycles. The van der Waals surface area contributed by atoms with Crippen LogP contribution < -0.4 is 10.2 Å². The van der Waals surface area contributed by atoms with E-state index in [0.717, 1.165) is 11.1 Å². The lowest BCUT2D eigenvalue weighted by Crippen LogP contribution is -2.51. The predicted molar refractivity (Wildman–Crippen MR) is 153 cm³/mol. The van der Waals surface area contributed by atoms with E-state index in [9.17, 15) is 18.0 Å². The number of amides is 1. The van der Waals surface area contributed by atoms with Gasteiger partial charge in [0.2, 0.25) is 0 Å². The monoisotopic (exact) mass is 565 g/mol. The molecule has 0 fully saturated rings. The smallest absolute Gasteiger partial charge is 0.341 e. The van der Waals surface area contributed by atoms with Gasteiger partial charge in [0.1, 0.15) is 6.34 Å². The number of halogens is 4. The predicted octanol–water partition coefficient (Wildman–Crippen LogP) is 6.97. The van der Waals surface area contributed by atoms with Crippen molar-refractivity contribution < 1.29 is 18.0 Å². The molecule has 2 heterocycles. The molecule has 1 aromatic heterocycles. The van der Waals surface area contributed by atoms with Crippen LogP contribution in [0.2, 0.25) is 5.02 Å². The van der Waals surface area contributed by atoms with Gasteiger partial charge in [0, 0.05) is 36.0 Å². The summed E-state index contributed by atoms with van der Waals surface area (Å²) in [6.07, 6.45) is -2.63. The number of rotatable bonds is 6. The first-order chi connectivity index (χ1) is 19.0. The maximum absolute atomic E-state index is 14.3. The molecule has 1 aliphatic rings. The zero-order valence-corrected chi connectivity index (χ0v) is 22.7. The lowest BCUT2D eigenvalue weighted by atomic mass is 9.81. The van der Waals surface area contributed by atoms with Gasteiger partial charge in [-0.2, -0.15) is 18.3 Å². The number of carbonyl (C=O) groups excluding carboxylic acids is 1. The molecule has 1 N–H and O–H groups in total. The fourth-order valence-corrected chi connectivity index (χ4v) is 5.76. The molecule has 0 radical (unpaired) electrons. The minimum Gasteiger partial charge on any atom is -0.341 e. The van der Waals surface area contributed by atoms with Crippen molar-refractivity contribution in [3.05, 3.63) is 99.7 Å². The van der Waals surface area contributed by atoms with Gasteiger partial charge in [-0.25, -0.2) is 0 Å². The van der Waals surface area contributed by atoms with Crippen LogP contribution in [-0.2, 0) is 24.7 Å². The van der Waals surface area contributed by atoms with Gasteiger partial charge in [0.15, 0.2) is 0 Å². The second-order valence-corrected chi connectivity index (χ2v) is 10.4. The van der Waals surface area contributed by atoms with Crippen LogP contribution in [0.4, 0.5) is 18.9 Å². The molecule has 40 heavy (non-hydrogen) atoms. The Morgan fingerprint density at radius 1 is 1.15 bits per heavy atom. The molecule has 0 aliphatic carbocycles. The fraction of sp³-hybridized carbons (Fsp3) is 0.233. The second kappa shape index (κ2) is 10.5. The molecule has 0 spiro atoms. The highest BCUT2D eigenvalue weighted by Gasteiger charge is 2.44. The number of carbonyl (C=O) groups is 1. The van der Waals surface area contributed by atoms with Crippen LogP contribution >= 0.6 is 11.6 Å². The second-order valence-electron chi connectivity index (χ2n) is 9.98. The maximum Gasteiger partial charge on any atom is 0.418 e. The van der Waals surface area contributed by atoms with Crippen LogP contribution in [0.25, 0.3) is 10.9 Å². The van der Waals surface area contributed by atoms with Crippen molar-refractivity contribution in [2.45, 2.75) is 38.0 Å². The highest BCUT2D eigenvalue weighted by atomic mass is 35.5. The number of aryl methyl sites for hydroxylation is 1. The molecule has 0 bridgehead atoms. The first-order valence-corrected chi connectivity index (χ1v) is 13.0. The van der Waals surface area contributed by atoms with Crippen LogP contribution in [0.3, 0.4) is 0 Å². The Bertz CT molecular complexity index is 1630. The average Bonchev–Trinajstić information content (AvgIpc) is 3.24. The summed E-state index contributed by atoms with van der Waals surface area (Å²) >= 11 is 6.54. The SMILES string of the molecule is C=N/N=C\N(C)c1ccc(C(=O)N[C@]2(c3ccccc3)CCc3c(C(F)(F)F)c4cc(C)ccc4n3C2)c(Cl)c1. The van der Waals surface area contributed by atoms with E-state index in [1.165, 1.54) is 6.34 Å². The van der Waals surface area contributed by atoms with E-state index >= 15 is 0 Å². The summed E-state index contributed by atoms with van der Waals surface area (Å²) in [5, 5.41) is 10.7. The Hall–Kier alpha value is -4.11. The molecule has 1 aliphatic heterocycles. The Morgan fingerprint density at radius 2 is 1.90 bits per heavy atom. The maximum atomic E-state index is 14.3. The molecule has 0 saturated heterocycles. The number of hydrogen-bond acceptors (Lipinski definition) is 3. The molecule has 0 unspecified atom stereocenters. The molecule has 1 atom stereocenters. The Labute approximate surface area is 234 Å². The largest absolute Gasteiger partial charge is 0.418 e. The lowest BCUT2D eigenvalue weighted by Gasteiger charge is -2.40. The van der Waals surface area contributed by atoms with E-state index in [1.54, 1.807) is 59.8 Å². The number of aromatic nitrogens is 1. The summed E-state index contributed by atoms with van der Waals surface area (Å²) in [4.78, 5) is 15.4. The van der Waals surface area contributed by atoms with Gasteiger partial charge in [-0.1, -0.05) is 53.6 Å². The molecule has 5 rings (SSSR count). The summed E-state index contributed by atoms with van der Waals surface area (Å²) in [6, 6.07) is 19.4. The van der Waals surface area contributed by atoms with Gasteiger partial charge in [0.25, 0.3) is 5.91 Å². The summed E-state index contributed by atoms with van der Waals surface area (Å²) in [5.41, 5.74) is 1.64. The van der Waals surface area contributed by atoms with Crippen molar-refractivity contribution in [3.8, 4) is 0 Å². The Balaban J connectivity index is 1.57. The van der Waals surface area contributed by atoms with Crippen LogP contribution in [-0.4, -0.2) is 30.6 Å². The van der Waals surface area contributed by atoms with Gasteiger partial charge in [-0.05, 0) is 55.7 Å². The van der Waals surface area contributed by atoms with Gasteiger partial charge < -0.3 is 14.8 Å². The van der Waals surface area contributed by atoms with Gasteiger partial charge in [0.05, 0.1) is 28.2 Å². The first-order valence-electron chi connectivity index (χ1n) is 12.6. The third-order valence-corrected chi connectivity index (χ3v) is 7.73. The molecule has 10 heteroatoms. The van der Waals surface area contributed by atoms with Crippen LogP contribution in [0, 0.1) is 6.92 Å². The van der Waals surface area contributed by atoms with E-state index < -0.39 is 23.2 Å². The van der Waals surface area contributed by atoms with E-state index in [2.05, 4.69) is 22.2 Å². The zero-order chi connectivity index (χ0) is 28.7. The summed E-state index contributed by atoms with van der Waals surface area (Å²) in [5.74, 6) is -0.420. The quantitative estimate of drug-likeness (QED) is 0.156. The van der Waals surface area contributed by atoms with Crippen LogP contribution in [0.15, 0.2) is 76.9 Å². The molecule has 3 aromatic carbocycles. The third kappa shape index (κ3) is 4.97. The van der Waals surface area contributed by atoms with Crippen molar-refractivity contribution in [3.63, 3.8) is 0 Å². The molecule has 1 amide bonds. The number of alkyl halides is 3.